The van der Waals surface area contributed by atoms with Gasteiger partial charge in [0.15, 0.2) is 10.6 Å². The minimum Gasteiger partial charge on any atom is -0.462 e. The molecule has 10 heteroatoms. The molecule has 0 spiro atoms. The number of aryl methyl sites for hydroxylation is 1. The Kier molecular flexibility index (Phi) is 5.24. The number of hydrogen-bond donors (Lipinski definition) is 0. The average molecular weight is 482 g/mol. The third kappa shape index (κ3) is 3.29. The molecule has 7 nitrogen and oxygen atoms in total. The number of hydrogen-bond acceptors (Lipinski definition) is 7. The highest BCUT2D eigenvalue weighted by atomic mass is 32.1. The standard InChI is InChI=1S/C24H16F2N2O5S/c1-3-32-23(31)21-11(2)27-24(34-21)28-18(13-6-4-5-7-15(13)26)17-19(29)14-10-12(25)8-9-16(14)33-20(17)22(28)30/h4-10,18H,3H2,1-2H3/t18-/m1/s1. The van der Waals surface area contributed by atoms with Crippen LogP contribution >= 0.6 is 11.3 Å². The number of halogens is 2. The van der Waals surface area contributed by atoms with Crippen molar-refractivity contribution in [3.05, 3.63) is 91.8 Å². The van der Waals surface area contributed by atoms with Gasteiger partial charge in [0.25, 0.3) is 5.91 Å². The minimum absolute atomic E-state index is 0.0233. The second-order valence-corrected chi connectivity index (χ2v) is 8.52. The first-order valence-corrected chi connectivity index (χ1v) is 11.1. The van der Waals surface area contributed by atoms with Crippen molar-refractivity contribution < 1.29 is 27.5 Å². The maximum Gasteiger partial charge on any atom is 0.350 e. The SMILES string of the molecule is CCOC(=O)c1sc(N2C(=O)c3oc4ccc(F)cc4c(=O)c3[C@H]2c2ccccc2F)nc1C. The molecule has 1 aliphatic heterocycles. The lowest BCUT2D eigenvalue weighted by atomic mass is 9.98. The van der Waals surface area contributed by atoms with Gasteiger partial charge in [-0.05, 0) is 38.1 Å². The highest BCUT2D eigenvalue weighted by Gasteiger charge is 2.46. The van der Waals surface area contributed by atoms with Gasteiger partial charge in [-0.1, -0.05) is 29.5 Å². The molecule has 1 aliphatic rings. The Hall–Kier alpha value is -3.92. The lowest BCUT2D eigenvalue weighted by molar-refractivity contribution is 0.0531. The van der Waals surface area contributed by atoms with Gasteiger partial charge in [0.2, 0.25) is 5.76 Å². The first kappa shape index (κ1) is 21.9. The van der Waals surface area contributed by atoms with Crippen molar-refractivity contribution in [2.45, 2.75) is 19.9 Å². The van der Waals surface area contributed by atoms with Gasteiger partial charge in [-0.15, -0.1) is 0 Å². The fourth-order valence-corrected chi connectivity index (χ4v) is 4.99. The number of rotatable bonds is 4. The van der Waals surface area contributed by atoms with E-state index in [1.165, 1.54) is 24.3 Å². The van der Waals surface area contributed by atoms with Crippen LogP contribution in [0, 0.1) is 18.6 Å². The van der Waals surface area contributed by atoms with Crippen LogP contribution in [0.15, 0.2) is 51.7 Å². The van der Waals surface area contributed by atoms with Crippen molar-refractivity contribution in [1.29, 1.82) is 0 Å². The number of thiazole rings is 1. The summed E-state index contributed by atoms with van der Waals surface area (Å²) in [4.78, 5) is 44.9. The van der Waals surface area contributed by atoms with Crippen molar-refractivity contribution in [1.82, 2.24) is 4.98 Å². The van der Waals surface area contributed by atoms with E-state index in [1.807, 2.05) is 0 Å². The van der Waals surface area contributed by atoms with Gasteiger partial charge in [-0.3, -0.25) is 14.5 Å². The van der Waals surface area contributed by atoms with E-state index in [2.05, 4.69) is 4.98 Å². The van der Waals surface area contributed by atoms with Crippen molar-refractivity contribution >= 4 is 39.3 Å². The molecule has 0 saturated heterocycles. The Morgan fingerprint density at radius 3 is 2.71 bits per heavy atom. The Morgan fingerprint density at radius 1 is 1.21 bits per heavy atom. The summed E-state index contributed by atoms with van der Waals surface area (Å²) in [5, 5.41) is -0.00267. The fourth-order valence-electron chi connectivity index (χ4n) is 4.00. The van der Waals surface area contributed by atoms with E-state index >= 15 is 0 Å². The topological polar surface area (TPSA) is 89.7 Å². The summed E-state index contributed by atoms with van der Waals surface area (Å²) in [7, 11) is 0. The van der Waals surface area contributed by atoms with Gasteiger partial charge in [0.05, 0.1) is 23.3 Å². The Labute approximate surface area is 195 Å². The summed E-state index contributed by atoms with van der Waals surface area (Å²) in [6.45, 7) is 3.40. The predicted octanol–water partition coefficient (Wildman–Crippen LogP) is 4.76. The van der Waals surface area contributed by atoms with E-state index in [1.54, 1.807) is 19.9 Å². The maximum absolute atomic E-state index is 15.0. The van der Waals surface area contributed by atoms with Gasteiger partial charge in [0, 0.05) is 5.56 Å². The Bertz CT molecular complexity index is 1540. The van der Waals surface area contributed by atoms with Crippen LogP contribution in [0.25, 0.3) is 11.0 Å². The number of aromatic nitrogens is 1. The number of esters is 1. The number of carbonyl (C=O) groups excluding carboxylic acids is 2. The Balaban J connectivity index is 1.77. The van der Waals surface area contributed by atoms with Crippen LogP contribution < -0.4 is 10.3 Å². The van der Waals surface area contributed by atoms with Gasteiger partial charge in [-0.25, -0.2) is 18.6 Å². The number of fused-ring (bicyclic) bond motifs is 2. The highest BCUT2D eigenvalue weighted by Crippen LogP contribution is 2.43. The zero-order chi connectivity index (χ0) is 24.1. The first-order chi connectivity index (χ1) is 16.3. The zero-order valence-electron chi connectivity index (χ0n) is 17.9. The number of benzene rings is 2. The molecule has 0 bridgehead atoms. The molecule has 2 aromatic carbocycles. The van der Waals surface area contributed by atoms with Crippen LogP contribution in [0.5, 0.6) is 0 Å². The Morgan fingerprint density at radius 2 is 1.97 bits per heavy atom. The van der Waals surface area contributed by atoms with Gasteiger partial charge in [-0.2, -0.15) is 0 Å². The second-order valence-electron chi connectivity index (χ2n) is 7.55. The molecule has 172 valence electrons. The van der Waals surface area contributed by atoms with E-state index in [-0.39, 0.29) is 44.5 Å². The van der Waals surface area contributed by atoms with Gasteiger partial charge >= 0.3 is 5.97 Å². The molecule has 0 fully saturated rings. The second kappa shape index (κ2) is 8.14. The van der Waals surface area contributed by atoms with Crippen LogP contribution in [0.3, 0.4) is 0 Å². The number of nitrogens with zero attached hydrogens (tertiary/aromatic N) is 2. The molecule has 0 saturated carbocycles. The van der Waals surface area contributed by atoms with E-state index in [0.29, 0.717) is 5.69 Å². The van der Waals surface area contributed by atoms with Crippen LogP contribution in [0.4, 0.5) is 13.9 Å². The first-order valence-electron chi connectivity index (χ1n) is 10.3. The van der Waals surface area contributed by atoms with E-state index in [4.69, 9.17) is 9.15 Å². The lowest BCUT2D eigenvalue weighted by Gasteiger charge is -2.22. The molecule has 5 rings (SSSR count). The summed E-state index contributed by atoms with van der Waals surface area (Å²) < 4.78 is 39.6. The quantitative estimate of drug-likeness (QED) is 0.390. The molecule has 1 amide bonds. The van der Waals surface area contributed by atoms with Crippen LogP contribution in [0.1, 0.15) is 50.0 Å². The van der Waals surface area contributed by atoms with E-state index in [9.17, 15) is 23.2 Å². The molecule has 2 aromatic heterocycles. The maximum atomic E-state index is 15.0. The van der Waals surface area contributed by atoms with Crippen molar-refractivity contribution in [2.24, 2.45) is 0 Å². The monoisotopic (exact) mass is 482 g/mol. The number of ether oxygens (including phenoxy) is 1. The van der Waals surface area contributed by atoms with Gasteiger partial charge in [0.1, 0.15) is 28.1 Å². The predicted molar refractivity (Wildman–Crippen MR) is 120 cm³/mol. The number of carbonyl (C=O) groups is 2. The fraction of sp³-hybridized carbons (Fsp3) is 0.167. The summed E-state index contributed by atoms with van der Waals surface area (Å²) >= 11 is 0.889. The summed E-state index contributed by atoms with van der Waals surface area (Å²) in [5.41, 5.74) is -0.406. The molecule has 0 aliphatic carbocycles. The van der Waals surface area contributed by atoms with Crippen molar-refractivity contribution in [3.63, 3.8) is 0 Å². The summed E-state index contributed by atoms with van der Waals surface area (Å²) in [6.07, 6.45) is 0. The largest absolute Gasteiger partial charge is 0.462 e. The molecule has 0 N–H and O–H groups in total. The van der Waals surface area contributed by atoms with Crippen molar-refractivity contribution in [2.75, 3.05) is 11.5 Å². The summed E-state index contributed by atoms with van der Waals surface area (Å²) in [6, 6.07) is 7.84. The molecule has 4 aromatic rings. The number of amides is 1. The van der Waals surface area contributed by atoms with E-state index in [0.717, 1.165) is 28.4 Å². The summed E-state index contributed by atoms with van der Waals surface area (Å²) in [5.74, 6) is -2.93. The average Bonchev–Trinajstić information content (AvgIpc) is 3.32. The van der Waals surface area contributed by atoms with Gasteiger partial charge < -0.3 is 9.15 Å². The molecule has 34 heavy (non-hydrogen) atoms. The lowest BCUT2D eigenvalue weighted by Crippen LogP contribution is -2.30. The highest BCUT2D eigenvalue weighted by molar-refractivity contribution is 7.17. The molecule has 0 unspecified atom stereocenters. The number of anilines is 1. The molecule has 0 radical (unpaired) electrons. The molecular formula is C24H16F2N2O5S. The molecular weight excluding hydrogens is 466 g/mol. The van der Waals surface area contributed by atoms with Crippen LogP contribution in [-0.4, -0.2) is 23.5 Å². The molecule has 1 atom stereocenters. The normalized spacial score (nSPS) is 15.1. The minimum atomic E-state index is -1.23. The smallest absolute Gasteiger partial charge is 0.350 e. The van der Waals surface area contributed by atoms with Crippen LogP contribution in [-0.2, 0) is 4.74 Å². The van der Waals surface area contributed by atoms with E-state index < -0.39 is 35.0 Å². The third-order valence-electron chi connectivity index (χ3n) is 5.48. The third-order valence-corrected chi connectivity index (χ3v) is 6.62. The zero-order valence-corrected chi connectivity index (χ0v) is 18.7. The molecule has 3 heterocycles. The van der Waals surface area contributed by atoms with Crippen molar-refractivity contribution in [3.8, 4) is 0 Å². The van der Waals surface area contributed by atoms with Crippen LogP contribution in [0.2, 0.25) is 0 Å².